The molecular formula is C17H20O5. The molecule has 22 heavy (non-hydrogen) atoms. The Labute approximate surface area is 129 Å². The summed E-state index contributed by atoms with van der Waals surface area (Å²) in [6.07, 6.45) is 1.28. The zero-order valence-corrected chi connectivity index (χ0v) is 13.2. The highest BCUT2D eigenvalue weighted by atomic mass is 16.6. The number of carbonyl (C=O) groups excluding carboxylic acids is 3. The second kappa shape index (κ2) is 5.07. The van der Waals surface area contributed by atoms with Gasteiger partial charge in [-0.25, -0.2) is 0 Å². The van der Waals surface area contributed by atoms with E-state index in [1.54, 1.807) is 13.0 Å². The Bertz CT molecular complexity index is 627. The Morgan fingerprint density at radius 1 is 1.32 bits per heavy atom. The van der Waals surface area contributed by atoms with Crippen LogP contribution in [-0.2, 0) is 23.9 Å². The summed E-state index contributed by atoms with van der Waals surface area (Å²) >= 11 is 0. The number of allylic oxidation sites excluding steroid dienone is 1. The van der Waals surface area contributed by atoms with Gasteiger partial charge in [-0.05, 0) is 19.9 Å². The van der Waals surface area contributed by atoms with Crippen LogP contribution < -0.4 is 0 Å². The number of ether oxygens (including phenoxy) is 2. The third-order valence-corrected chi connectivity index (χ3v) is 5.05. The molecule has 1 heterocycles. The molecule has 0 saturated carbocycles. The fraction of sp³-hybridized carbons (Fsp3) is 0.588. The summed E-state index contributed by atoms with van der Waals surface area (Å²) in [5, 5.41) is 0. The molecule has 0 aromatic heterocycles. The predicted molar refractivity (Wildman–Crippen MR) is 77.7 cm³/mol. The van der Waals surface area contributed by atoms with Crippen molar-refractivity contribution in [3.05, 3.63) is 22.8 Å². The lowest BCUT2D eigenvalue weighted by atomic mass is 9.79. The van der Waals surface area contributed by atoms with Gasteiger partial charge in [0.15, 0.2) is 5.78 Å². The van der Waals surface area contributed by atoms with E-state index in [1.165, 1.54) is 6.92 Å². The molecule has 5 atom stereocenters. The Kier molecular flexibility index (Phi) is 3.46. The van der Waals surface area contributed by atoms with E-state index in [-0.39, 0.29) is 35.6 Å². The van der Waals surface area contributed by atoms with Crippen molar-refractivity contribution in [1.29, 1.82) is 0 Å². The van der Waals surface area contributed by atoms with Gasteiger partial charge in [0.2, 0.25) is 0 Å². The largest absolute Gasteiger partial charge is 0.461 e. The van der Waals surface area contributed by atoms with Crippen LogP contribution in [0.1, 0.15) is 34.1 Å². The van der Waals surface area contributed by atoms with Gasteiger partial charge in [-0.2, -0.15) is 0 Å². The van der Waals surface area contributed by atoms with Crippen LogP contribution in [0.5, 0.6) is 0 Å². The molecule has 2 aliphatic carbocycles. The fourth-order valence-corrected chi connectivity index (χ4v) is 4.11. The van der Waals surface area contributed by atoms with Crippen LogP contribution in [0.2, 0.25) is 0 Å². The molecule has 5 unspecified atom stereocenters. The first-order valence-electron chi connectivity index (χ1n) is 7.61. The van der Waals surface area contributed by atoms with Crippen molar-refractivity contribution in [3.8, 4) is 0 Å². The smallest absolute Gasteiger partial charge is 0.309 e. The molecule has 1 saturated heterocycles. The first-order chi connectivity index (χ1) is 10.3. The molecule has 0 amide bonds. The van der Waals surface area contributed by atoms with Crippen molar-refractivity contribution < 1.29 is 23.9 Å². The number of hydrogen-bond donors (Lipinski definition) is 0. The van der Waals surface area contributed by atoms with Gasteiger partial charge in [0.25, 0.3) is 0 Å². The molecule has 0 aromatic rings. The van der Waals surface area contributed by atoms with Gasteiger partial charge in [-0.15, -0.1) is 0 Å². The number of rotatable bonds is 1. The molecule has 0 spiro atoms. The van der Waals surface area contributed by atoms with Crippen molar-refractivity contribution in [3.63, 3.8) is 0 Å². The molecule has 0 bridgehead atoms. The molecule has 5 heteroatoms. The predicted octanol–water partition coefficient (Wildman–Crippen LogP) is 1.96. The fourth-order valence-electron chi connectivity index (χ4n) is 4.11. The summed E-state index contributed by atoms with van der Waals surface area (Å²) in [7, 11) is 0. The van der Waals surface area contributed by atoms with Crippen molar-refractivity contribution in [2.75, 3.05) is 0 Å². The lowest BCUT2D eigenvalue weighted by molar-refractivity contribution is -0.152. The lowest BCUT2D eigenvalue weighted by Crippen LogP contribution is -2.39. The molecule has 0 aromatic carbocycles. The summed E-state index contributed by atoms with van der Waals surface area (Å²) in [4.78, 5) is 35.9. The monoisotopic (exact) mass is 304 g/mol. The van der Waals surface area contributed by atoms with Gasteiger partial charge in [0, 0.05) is 30.8 Å². The Balaban J connectivity index is 2.11. The van der Waals surface area contributed by atoms with Crippen molar-refractivity contribution in [2.45, 2.75) is 46.3 Å². The van der Waals surface area contributed by atoms with Gasteiger partial charge in [-0.3, -0.25) is 14.4 Å². The van der Waals surface area contributed by atoms with Crippen LogP contribution in [0.15, 0.2) is 22.8 Å². The molecule has 0 radical (unpaired) electrons. The van der Waals surface area contributed by atoms with E-state index in [9.17, 15) is 14.4 Å². The third-order valence-electron chi connectivity index (χ3n) is 5.05. The number of fused-ring (bicyclic) bond motifs is 2. The number of carbonyl (C=O) groups is 3. The average molecular weight is 304 g/mol. The van der Waals surface area contributed by atoms with E-state index in [0.29, 0.717) is 12.0 Å². The van der Waals surface area contributed by atoms with Crippen molar-refractivity contribution >= 4 is 17.7 Å². The first-order valence-corrected chi connectivity index (χ1v) is 7.61. The quantitative estimate of drug-likeness (QED) is 0.693. The summed E-state index contributed by atoms with van der Waals surface area (Å²) in [5.41, 5.74) is 2.52. The summed E-state index contributed by atoms with van der Waals surface area (Å²) < 4.78 is 11.1. The van der Waals surface area contributed by atoms with Crippen LogP contribution in [0.25, 0.3) is 0 Å². The van der Waals surface area contributed by atoms with Gasteiger partial charge < -0.3 is 9.47 Å². The van der Waals surface area contributed by atoms with Gasteiger partial charge in [0.1, 0.15) is 12.2 Å². The number of ketones is 1. The highest BCUT2D eigenvalue weighted by molar-refractivity contribution is 6.09. The van der Waals surface area contributed by atoms with Crippen LogP contribution in [0.4, 0.5) is 0 Å². The molecule has 1 fully saturated rings. The summed E-state index contributed by atoms with van der Waals surface area (Å²) in [6.45, 7) is 6.94. The molecule has 3 aliphatic rings. The van der Waals surface area contributed by atoms with E-state index in [0.717, 1.165) is 11.1 Å². The van der Waals surface area contributed by atoms with Crippen LogP contribution >= 0.6 is 0 Å². The first kappa shape index (κ1) is 15.0. The number of esters is 2. The Morgan fingerprint density at radius 3 is 2.64 bits per heavy atom. The maximum atomic E-state index is 12.3. The average Bonchev–Trinajstić information content (AvgIpc) is 2.80. The highest BCUT2D eigenvalue weighted by Gasteiger charge is 2.54. The van der Waals surface area contributed by atoms with Crippen molar-refractivity contribution in [2.24, 2.45) is 17.8 Å². The van der Waals surface area contributed by atoms with E-state index >= 15 is 0 Å². The second-order valence-corrected chi connectivity index (χ2v) is 6.54. The van der Waals surface area contributed by atoms with Gasteiger partial charge >= 0.3 is 11.9 Å². The van der Waals surface area contributed by atoms with Crippen molar-refractivity contribution in [1.82, 2.24) is 0 Å². The van der Waals surface area contributed by atoms with E-state index in [2.05, 4.69) is 0 Å². The zero-order valence-electron chi connectivity index (χ0n) is 13.2. The SMILES string of the molecule is CC(=O)OC1C2C(C)=CC(=O)C2=C(C)CC2OC(=O)C(C)C21. The summed E-state index contributed by atoms with van der Waals surface area (Å²) in [5.74, 6) is -1.50. The minimum atomic E-state index is -0.529. The molecule has 1 aliphatic heterocycles. The lowest BCUT2D eigenvalue weighted by Gasteiger charge is -2.31. The topological polar surface area (TPSA) is 69.7 Å². The minimum absolute atomic E-state index is 0.0175. The molecule has 3 rings (SSSR count). The van der Waals surface area contributed by atoms with E-state index in [1.807, 2.05) is 13.8 Å². The summed E-state index contributed by atoms with van der Waals surface area (Å²) in [6, 6.07) is 0. The van der Waals surface area contributed by atoms with Gasteiger partial charge in [-0.1, -0.05) is 18.1 Å². The maximum Gasteiger partial charge on any atom is 0.309 e. The van der Waals surface area contributed by atoms with E-state index < -0.39 is 12.1 Å². The highest BCUT2D eigenvalue weighted by Crippen LogP contribution is 2.47. The molecular weight excluding hydrogens is 284 g/mol. The van der Waals surface area contributed by atoms with Gasteiger partial charge in [0.05, 0.1) is 5.92 Å². The van der Waals surface area contributed by atoms with Crippen LogP contribution in [0, 0.1) is 17.8 Å². The molecule has 0 N–H and O–H groups in total. The number of hydrogen-bond acceptors (Lipinski definition) is 5. The van der Waals surface area contributed by atoms with Crippen LogP contribution in [0.3, 0.4) is 0 Å². The third kappa shape index (κ3) is 2.11. The minimum Gasteiger partial charge on any atom is -0.461 e. The van der Waals surface area contributed by atoms with E-state index in [4.69, 9.17) is 9.47 Å². The van der Waals surface area contributed by atoms with Crippen LogP contribution in [-0.4, -0.2) is 29.9 Å². The molecule has 118 valence electrons. The Morgan fingerprint density at radius 2 is 2.00 bits per heavy atom. The maximum absolute atomic E-state index is 12.3. The Hall–Kier alpha value is -1.91. The zero-order chi connectivity index (χ0) is 16.2. The standard InChI is InChI=1S/C17H20O5/c1-7-5-11(19)13-8(2)6-12-15(9(3)17(20)22-12)16(14(7)13)21-10(4)18/h5,9,12,14-16H,6H2,1-4H3. The molecule has 5 nitrogen and oxygen atoms in total. The normalized spacial score (nSPS) is 37.3. The second-order valence-electron chi connectivity index (χ2n) is 6.54.